The second-order valence-corrected chi connectivity index (χ2v) is 7.17. The number of amides is 1. The molecule has 0 unspecified atom stereocenters. The number of benzene rings is 2. The van der Waals surface area contributed by atoms with Crippen LogP contribution in [0.3, 0.4) is 0 Å². The van der Waals surface area contributed by atoms with Gasteiger partial charge < -0.3 is 21.1 Å². The van der Waals surface area contributed by atoms with Crippen LogP contribution in [-0.2, 0) is 6.42 Å². The maximum absolute atomic E-state index is 12.7. The van der Waals surface area contributed by atoms with E-state index in [0.717, 1.165) is 11.1 Å². The third-order valence-electron chi connectivity index (χ3n) is 4.85. The third-order valence-corrected chi connectivity index (χ3v) is 4.85. The van der Waals surface area contributed by atoms with Crippen LogP contribution in [0.2, 0.25) is 0 Å². The van der Waals surface area contributed by atoms with Gasteiger partial charge in [0.25, 0.3) is 5.91 Å². The number of rotatable bonds is 7. The average molecular weight is 379 g/mol. The number of nitrogens with one attached hydrogen (secondary N) is 2. The van der Waals surface area contributed by atoms with Crippen molar-refractivity contribution in [1.29, 1.82) is 0 Å². The van der Waals surface area contributed by atoms with Gasteiger partial charge in [0.05, 0.1) is 0 Å². The Morgan fingerprint density at radius 1 is 1.14 bits per heavy atom. The minimum Gasteiger partial charge on any atom is -0.477 e. The van der Waals surface area contributed by atoms with Crippen LogP contribution in [0.1, 0.15) is 58.2 Å². The molecule has 2 aromatic carbocycles. The molecule has 146 valence electrons. The van der Waals surface area contributed by atoms with Crippen molar-refractivity contribution in [3.63, 3.8) is 0 Å². The molecule has 28 heavy (non-hydrogen) atoms. The van der Waals surface area contributed by atoms with E-state index in [2.05, 4.69) is 24.1 Å². The van der Waals surface area contributed by atoms with Crippen LogP contribution in [0.4, 0.5) is 5.69 Å². The molecule has 6 heteroatoms. The summed E-state index contributed by atoms with van der Waals surface area (Å²) in [5.41, 5.74) is 9.53. The summed E-state index contributed by atoms with van der Waals surface area (Å²) in [5, 5.41) is 13.1. The molecular formula is C22H25N3O3. The number of hydrogen-bond acceptors (Lipinski definition) is 3. The Morgan fingerprint density at radius 2 is 1.86 bits per heavy atom. The Labute approximate surface area is 163 Å². The van der Waals surface area contributed by atoms with E-state index in [4.69, 9.17) is 5.73 Å². The molecule has 0 saturated heterocycles. The standard InChI is InChI=1S/C22H25N3O3/c1-13(2)14-5-8-16(9-6-14)24-21(26)15-7-10-19-18(12-15)17(4-3-11-23)20(25-19)22(27)28/h5-10,12-13,25H,3-4,11,23H2,1-2H3,(H,24,26)(H,27,28). The van der Waals surface area contributed by atoms with E-state index in [-0.39, 0.29) is 11.6 Å². The van der Waals surface area contributed by atoms with Gasteiger partial charge in [-0.1, -0.05) is 26.0 Å². The molecule has 3 rings (SSSR count). The fourth-order valence-corrected chi connectivity index (χ4v) is 3.26. The summed E-state index contributed by atoms with van der Waals surface area (Å²) in [5.74, 6) is -0.822. The van der Waals surface area contributed by atoms with Crippen molar-refractivity contribution in [3.05, 3.63) is 64.8 Å². The van der Waals surface area contributed by atoms with Gasteiger partial charge >= 0.3 is 5.97 Å². The summed E-state index contributed by atoms with van der Waals surface area (Å²) in [6, 6.07) is 12.9. The number of carbonyl (C=O) groups is 2. The van der Waals surface area contributed by atoms with Gasteiger partial charge in [-0.2, -0.15) is 0 Å². The molecule has 0 spiro atoms. The van der Waals surface area contributed by atoms with Crippen molar-refractivity contribution in [3.8, 4) is 0 Å². The van der Waals surface area contributed by atoms with E-state index in [1.54, 1.807) is 18.2 Å². The molecule has 0 radical (unpaired) electrons. The molecule has 0 fully saturated rings. The number of aromatic carboxylic acids is 1. The van der Waals surface area contributed by atoms with Crippen molar-refractivity contribution in [2.75, 3.05) is 11.9 Å². The van der Waals surface area contributed by atoms with Crippen molar-refractivity contribution >= 4 is 28.5 Å². The highest BCUT2D eigenvalue weighted by Gasteiger charge is 2.18. The van der Waals surface area contributed by atoms with E-state index in [9.17, 15) is 14.7 Å². The summed E-state index contributed by atoms with van der Waals surface area (Å²) >= 11 is 0. The lowest BCUT2D eigenvalue weighted by Gasteiger charge is -2.09. The molecule has 0 atom stereocenters. The van der Waals surface area contributed by atoms with Crippen molar-refractivity contribution in [2.24, 2.45) is 5.73 Å². The fourth-order valence-electron chi connectivity index (χ4n) is 3.26. The van der Waals surface area contributed by atoms with Crippen molar-refractivity contribution in [2.45, 2.75) is 32.6 Å². The monoisotopic (exact) mass is 379 g/mol. The lowest BCUT2D eigenvalue weighted by Crippen LogP contribution is -2.11. The highest BCUT2D eigenvalue weighted by atomic mass is 16.4. The normalized spacial score (nSPS) is 11.1. The van der Waals surface area contributed by atoms with Crippen LogP contribution in [0.15, 0.2) is 42.5 Å². The van der Waals surface area contributed by atoms with Gasteiger partial charge in [-0.05, 0) is 66.8 Å². The lowest BCUT2D eigenvalue weighted by atomic mass is 10.0. The smallest absolute Gasteiger partial charge is 0.352 e. The Bertz CT molecular complexity index is 1000. The molecule has 0 aliphatic heterocycles. The number of aromatic amines is 1. The van der Waals surface area contributed by atoms with E-state index < -0.39 is 5.97 Å². The quantitative estimate of drug-likeness (QED) is 0.495. The molecule has 1 aromatic heterocycles. The number of anilines is 1. The summed E-state index contributed by atoms with van der Waals surface area (Å²) in [7, 11) is 0. The fraction of sp³-hybridized carbons (Fsp3) is 0.273. The van der Waals surface area contributed by atoms with Gasteiger partial charge in [-0.15, -0.1) is 0 Å². The maximum atomic E-state index is 12.7. The number of fused-ring (bicyclic) bond motifs is 1. The minimum atomic E-state index is -1.01. The summed E-state index contributed by atoms with van der Waals surface area (Å²) in [6.45, 7) is 4.71. The molecule has 6 nitrogen and oxygen atoms in total. The number of carbonyl (C=O) groups excluding carboxylic acids is 1. The molecule has 5 N–H and O–H groups in total. The van der Waals surface area contributed by atoms with Gasteiger partial charge in [-0.25, -0.2) is 4.79 Å². The van der Waals surface area contributed by atoms with Crippen molar-refractivity contribution < 1.29 is 14.7 Å². The second kappa shape index (κ2) is 8.27. The van der Waals surface area contributed by atoms with E-state index in [1.165, 1.54) is 5.56 Å². The summed E-state index contributed by atoms with van der Waals surface area (Å²) < 4.78 is 0. The van der Waals surface area contributed by atoms with Crippen LogP contribution >= 0.6 is 0 Å². The Hall–Kier alpha value is -3.12. The van der Waals surface area contributed by atoms with Gasteiger partial charge in [0.2, 0.25) is 0 Å². The zero-order chi connectivity index (χ0) is 20.3. The first-order valence-electron chi connectivity index (χ1n) is 9.40. The lowest BCUT2D eigenvalue weighted by molar-refractivity contribution is 0.0690. The summed E-state index contributed by atoms with van der Waals surface area (Å²) in [4.78, 5) is 27.2. The SMILES string of the molecule is CC(C)c1ccc(NC(=O)c2ccc3[nH]c(C(=O)O)c(CCCN)c3c2)cc1. The number of aromatic nitrogens is 1. The predicted octanol–water partition coefficient (Wildman–Crippen LogP) is 4.13. The Kier molecular flexibility index (Phi) is 5.80. The summed E-state index contributed by atoms with van der Waals surface area (Å²) in [6.07, 6.45) is 1.21. The van der Waals surface area contributed by atoms with Crippen LogP contribution in [0.5, 0.6) is 0 Å². The third kappa shape index (κ3) is 4.07. The molecule has 1 amide bonds. The van der Waals surface area contributed by atoms with Crippen LogP contribution < -0.4 is 11.1 Å². The first-order chi connectivity index (χ1) is 13.4. The van der Waals surface area contributed by atoms with Crippen molar-refractivity contribution in [1.82, 2.24) is 4.98 Å². The predicted molar refractivity (Wildman–Crippen MR) is 111 cm³/mol. The van der Waals surface area contributed by atoms with Crippen LogP contribution in [0.25, 0.3) is 10.9 Å². The molecule has 0 aliphatic rings. The number of nitrogens with two attached hydrogens (primary N) is 1. The number of carboxylic acids is 1. The zero-order valence-corrected chi connectivity index (χ0v) is 16.1. The number of hydrogen-bond donors (Lipinski definition) is 4. The Morgan fingerprint density at radius 3 is 2.46 bits per heavy atom. The van der Waals surface area contributed by atoms with E-state index >= 15 is 0 Å². The molecule has 0 bridgehead atoms. The van der Waals surface area contributed by atoms with Gasteiger partial charge in [-0.3, -0.25) is 4.79 Å². The first kappa shape index (κ1) is 19.6. The number of carboxylic acid groups (broad SMARTS) is 1. The minimum absolute atomic E-state index is 0.158. The highest BCUT2D eigenvalue weighted by molar-refractivity contribution is 6.07. The number of aryl methyl sites for hydroxylation is 1. The average Bonchev–Trinajstić information content (AvgIpc) is 3.04. The molecular weight excluding hydrogens is 354 g/mol. The van der Waals surface area contributed by atoms with Gasteiger partial charge in [0.1, 0.15) is 5.69 Å². The van der Waals surface area contributed by atoms with Gasteiger partial charge in [0, 0.05) is 22.2 Å². The molecule has 0 aliphatic carbocycles. The number of H-pyrrole nitrogens is 1. The second-order valence-electron chi connectivity index (χ2n) is 7.17. The first-order valence-corrected chi connectivity index (χ1v) is 9.40. The topological polar surface area (TPSA) is 108 Å². The maximum Gasteiger partial charge on any atom is 0.352 e. The largest absolute Gasteiger partial charge is 0.477 e. The van der Waals surface area contributed by atoms with Crippen LogP contribution in [-0.4, -0.2) is 28.5 Å². The molecule has 0 saturated carbocycles. The zero-order valence-electron chi connectivity index (χ0n) is 16.1. The molecule has 3 aromatic rings. The Balaban J connectivity index is 1.89. The van der Waals surface area contributed by atoms with Gasteiger partial charge in [0.15, 0.2) is 0 Å². The van der Waals surface area contributed by atoms with E-state index in [1.807, 2.05) is 24.3 Å². The van der Waals surface area contributed by atoms with Crippen LogP contribution in [0, 0.1) is 0 Å². The molecule has 1 heterocycles. The van der Waals surface area contributed by atoms with E-state index in [0.29, 0.717) is 41.9 Å². The highest BCUT2D eigenvalue weighted by Crippen LogP contribution is 2.26.